The molecule has 10 aromatic carbocycles. The average Bonchev–Trinajstić information content (AvgIpc) is 3.59. The maximum Gasteiger partial charge on any atom is 0.0465 e. The summed E-state index contributed by atoms with van der Waals surface area (Å²) < 4.78 is 0. The summed E-state index contributed by atoms with van der Waals surface area (Å²) in [5.74, 6) is 0. The first kappa shape index (κ1) is 37.7. The van der Waals surface area contributed by atoms with Crippen molar-refractivity contribution >= 4 is 49.4 Å². The molecule has 1 aromatic heterocycles. The van der Waals surface area contributed by atoms with Gasteiger partial charge < -0.3 is 4.90 Å². The van der Waals surface area contributed by atoms with Crippen LogP contribution in [-0.4, -0.2) is 4.98 Å². The van der Waals surface area contributed by atoms with Crippen LogP contribution in [0.15, 0.2) is 231 Å². The van der Waals surface area contributed by atoms with Gasteiger partial charge in [-0.3, -0.25) is 4.98 Å². The highest BCUT2D eigenvalue weighted by Crippen LogP contribution is 2.51. The van der Waals surface area contributed by atoms with Crippen LogP contribution in [0.2, 0.25) is 0 Å². The van der Waals surface area contributed by atoms with Gasteiger partial charge in [-0.2, -0.15) is 0 Å². The van der Waals surface area contributed by atoms with E-state index in [1.54, 1.807) is 0 Å². The Morgan fingerprint density at radius 2 is 0.828 bits per heavy atom. The zero-order chi connectivity index (χ0) is 42.8. The van der Waals surface area contributed by atoms with Crippen LogP contribution >= 0.6 is 0 Å². The minimum absolute atomic E-state index is 0.106. The molecule has 0 radical (unpaired) electrons. The maximum atomic E-state index is 4.37. The Labute approximate surface area is 374 Å². The summed E-state index contributed by atoms with van der Waals surface area (Å²) in [4.78, 5) is 6.75. The topological polar surface area (TPSA) is 16.1 Å². The molecule has 1 heterocycles. The van der Waals surface area contributed by atoms with Crippen LogP contribution in [0.25, 0.3) is 88.0 Å². The lowest BCUT2D eigenvalue weighted by Gasteiger charge is -2.28. The van der Waals surface area contributed by atoms with Crippen molar-refractivity contribution < 1.29 is 0 Å². The van der Waals surface area contributed by atoms with E-state index in [-0.39, 0.29) is 5.41 Å². The number of nitrogens with zero attached hydrogens (tertiary/aromatic N) is 2. The highest BCUT2D eigenvalue weighted by Gasteiger charge is 2.35. The second-order valence-corrected chi connectivity index (χ2v) is 17.5. The molecular weight excluding hydrogens is 773 g/mol. The molecule has 0 bridgehead atoms. The summed E-state index contributed by atoms with van der Waals surface area (Å²) in [7, 11) is 0. The van der Waals surface area contributed by atoms with Crippen molar-refractivity contribution in [3.05, 3.63) is 242 Å². The Kier molecular flexibility index (Phi) is 8.88. The minimum atomic E-state index is -0.106. The smallest absolute Gasteiger partial charge is 0.0465 e. The van der Waals surface area contributed by atoms with Crippen LogP contribution in [0.1, 0.15) is 25.0 Å². The Morgan fingerprint density at radius 1 is 0.344 bits per heavy atom. The van der Waals surface area contributed by atoms with Crippen molar-refractivity contribution in [2.75, 3.05) is 4.90 Å². The van der Waals surface area contributed by atoms with Gasteiger partial charge in [0, 0.05) is 34.9 Å². The zero-order valence-electron chi connectivity index (χ0n) is 35.8. The van der Waals surface area contributed by atoms with Gasteiger partial charge >= 0.3 is 0 Å². The Morgan fingerprint density at radius 3 is 1.47 bits per heavy atom. The Hall–Kier alpha value is -8.07. The summed E-state index contributed by atoms with van der Waals surface area (Å²) >= 11 is 0. The molecule has 11 aromatic rings. The van der Waals surface area contributed by atoms with Crippen molar-refractivity contribution in [3.8, 4) is 55.6 Å². The molecule has 2 nitrogen and oxygen atoms in total. The van der Waals surface area contributed by atoms with E-state index in [2.05, 4.69) is 236 Å². The molecule has 0 N–H and O–H groups in total. The lowest BCUT2D eigenvalue weighted by atomic mass is 9.82. The molecule has 0 saturated heterocycles. The van der Waals surface area contributed by atoms with E-state index >= 15 is 0 Å². The van der Waals surface area contributed by atoms with Crippen molar-refractivity contribution in [2.45, 2.75) is 19.3 Å². The van der Waals surface area contributed by atoms with Crippen LogP contribution in [0, 0.1) is 0 Å². The van der Waals surface area contributed by atoms with Crippen LogP contribution < -0.4 is 4.90 Å². The van der Waals surface area contributed by atoms with Crippen molar-refractivity contribution in [1.82, 2.24) is 4.98 Å². The molecule has 0 amide bonds. The summed E-state index contributed by atoms with van der Waals surface area (Å²) in [5, 5.41) is 7.57. The van der Waals surface area contributed by atoms with E-state index in [0.29, 0.717) is 0 Å². The number of hydrogen-bond donors (Lipinski definition) is 0. The van der Waals surface area contributed by atoms with Gasteiger partial charge in [-0.15, -0.1) is 0 Å². The zero-order valence-corrected chi connectivity index (χ0v) is 35.8. The van der Waals surface area contributed by atoms with E-state index in [9.17, 15) is 0 Å². The fraction of sp³-hybridized carbons (Fsp3) is 0.0484. The van der Waals surface area contributed by atoms with Gasteiger partial charge in [0.15, 0.2) is 0 Å². The number of rotatable bonds is 7. The van der Waals surface area contributed by atoms with Gasteiger partial charge in [0.2, 0.25) is 0 Å². The number of pyridine rings is 1. The molecule has 0 fully saturated rings. The number of aromatic nitrogens is 1. The average molecular weight is 817 g/mol. The van der Waals surface area contributed by atoms with E-state index in [1.807, 2.05) is 18.5 Å². The third-order valence-corrected chi connectivity index (χ3v) is 13.6. The van der Waals surface area contributed by atoms with Gasteiger partial charge in [0.1, 0.15) is 0 Å². The van der Waals surface area contributed by atoms with Crippen molar-refractivity contribution in [2.24, 2.45) is 0 Å². The Balaban J connectivity index is 0.926. The summed E-state index contributed by atoms with van der Waals surface area (Å²) in [6.45, 7) is 4.70. The standard InChI is InChI=1S/C62H44N2/c1-62(2)58-23-10-9-17-51(58)52-37-36-49(39-59(52)62)64(48-34-30-43(31-35-48)46-15-12-38-63-40-46)47-32-28-42(29-33-47)41-24-26-45(27-25-41)60-54-18-5-7-20-56(54)61(57-21-8-6-19-55(57)60)53-22-11-14-44-13-3-4-16-50(44)53/h3-40H,1-2H3. The fourth-order valence-corrected chi connectivity index (χ4v) is 10.4. The highest BCUT2D eigenvalue weighted by molar-refractivity contribution is 6.23. The van der Waals surface area contributed by atoms with Gasteiger partial charge in [0.05, 0.1) is 0 Å². The quantitative estimate of drug-likeness (QED) is 0.149. The largest absolute Gasteiger partial charge is 0.310 e. The molecule has 1 aliphatic carbocycles. The highest BCUT2D eigenvalue weighted by atomic mass is 15.1. The van der Waals surface area contributed by atoms with E-state index in [1.165, 1.54) is 88.0 Å². The lowest BCUT2D eigenvalue weighted by molar-refractivity contribution is 0.660. The number of anilines is 3. The lowest BCUT2D eigenvalue weighted by Crippen LogP contribution is -2.16. The predicted molar refractivity (Wildman–Crippen MR) is 271 cm³/mol. The SMILES string of the molecule is CC1(C)c2ccccc2-c2ccc(N(c3ccc(-c4ccc(-c5c6ccccc6c(-c6cccc7ccccc67)c6ccccc56)cc4)cc3)c3ccc(-c4cccnc4)cc3)cc21. The van der Waals surface area contributed by atoms with Gasteiger partial charge in [-0.25, -0.2) is 0 Å². The van der Waals surface area contributed by atoms with Crippen LogP contribution in [0.5, 0.6) is 0 Å². The molecule has 2 heteroatoms. The molecule has 0 atom stereocenters. The van der Waals surface area contributed by atoms with E-state index in [0.717, 1.165) is 28.2 Å². The molecule has 302 valence electrons. The number of fused-ring (bicyclic) bond motifs is 6. The van der Waals surface area contributed by atoms with Crippen LogP contribution in [0.4, 0.5) is 17.1 Å². The van der Waals surface area contributed by atoms with Gasteiger partial charge in [-0.1, -0.05) is 190 Å². The normalized spacial score (nSPS) is 12.7. The summed E-state index contributed by atoms with van der Waals surface area (Å²) in [6.07, 6.45) is 3.74. The number of benzene rings is 10. The molecule has 0 saturated carbocycles. The summed E-state index contributed by atoms with van der Waals surface area (Å²) in [5.41, 5.74) is 18.2. The van der Waals surface area contributed by atoms with Gasteiger partial charge in [0.25, 0.3) is 0 Å². The van der Waals surface area contributed by atoms with E-state index in [4.69, 9.17) is 0 Å². The fourth-order valence-electron chi connectivity index (χ4n) is 10.4. The monoisotopic (exact) mass is 816 g/mol. The molecule has 1 aliphatic rings. The third kappa shape index (κ3) is 6.14. The molecule has 0 spiro atoms. The molecule has 64 heavy (non-hydrogen) atoms. The van der Waals surface area contributed by atoms with Crippen LogP contribution in [0.3, 0.4) is 0 Å². The third-order valence-electron chi connectivity index (χ3n) is 13.6. The van der Waals surface area contributed by atoms with Crippen molar-refractivity contribution in [1.29, 1.82) is 0 Å². The first-order valence-corrected chi connectivity index (χ1v) is 22.2. The second-order valence-electron chi connectivity index (χ2n) is 17.5. The Bertz CT molecular complexity index is 3490. The summed E-state index contributed by atoms with van der Waals surface area (Å²) in [6, 6.07) is 80.3. The predicted octanol–water partition coefficient (Wildman–Crippen LogP) is 17.0. The first-order valence-electron chi connectivity index (χ1n) is 22.2. The van der Waals surface area contributed by atoms with Crippen molar-refractivity contribution in [3.63, 3.8) is 0 Å². The molecule has 12 rings (SSSR count). The molecule has 0 aliphatic heterocycles. The van der Waals surface area contributed by atoms with Gasteiger partial charge in [-0.05, 0) is 142 Å². The second kappa shape index (κ2) is 15.1. The minimum Gasteiger partial charge on any atom is -0.310 e. The number of hydrogen-bond acceptors (Lipinski definition) is 2. The molecular formula is C62H44N2. The van der Waals surface area contributed by atoms with Crippen LogP contribution in [-0.2, 0) is 5.41 Å². The first-order chi connectivity index (χ1) is 31.5. The molecule has 0 unspecified atom stereocenters. The maximum absolute atomic E-state index is 4.37. The van der Waals surface area contributed by atoms with E-state index < -0.39 is 0 Å².